The van der Waals surface area contributed by atoms with Gasteiger partial charge in [-0.15, -0.1) is 22.0 Å². The number of aryl methyl sites for hydroxylation is 1. The molecule has 4 rings (SSSR count). The summed E-state index contributed by atoms with van der Waals surface area (Å²) in [4.78, 5) is 0. The van der Waals surface area contributed by atoms with Crippen LogP contribution in [0.3, 0.4) is 0 Å². The van der Waals surface area contributed by atoms with E-state index >= 15 is 0 Å². The topological polar surface area (TPSA) is 39.9 Å². The summed E-state index contributed by atoms with van der Waals surface area (Å²) in [7, 11) is 0. The average molecular weight is 299 g/mol. The van der Waals surface area contributed by atoms with Crippen LogP contribution >= 0.6 is 11.8 Å². The molecule has 108 valence electrons. The number of nitrogens with zero attached hydrogens (tertiary/aromatic N) is 3. The van der Waals surface area contributed by atoms with Gasteiger partial charge in [0.15, 0.2) is 5.82 Å². The van der Waals surface area contributed by atoms with Gasteiger partial charge in [0.2, 0.25) is 0 Å². The summed E-state index contributed by atoms with van der Waals surface area (Å²) >= 11 is 1.91. The first kappa shape index (κ1) is 13.1. The van der Waals surface area contributed by atoms with Gasteiger partial charge in [0.25, 0.3) is 0 Å². The highest BCUT2D eigenvalue weighted by Crippen LogP contribution is 2.42. The van der Waals surface area contributed by atoms with Crippen LogP contribution in [0.25, 0.3) is 5.03 Å². The molecule has 0 saturated heterocycles. The highest BCUT2D eigenvalue weighted by atomic mass is 32.2. The van der Waals surface area contributed by atoms with Crippen molar-refractivity contribution in [3.8, 4) is 0 Å². The third-order valence-electron chi connectivity index (χ3n) is 4.10. The smallest absolute Gasteiger partial charge is 0.164 e. The highest BCUT2D eigenvalue weighted by Gasteiger charge is 2.31. The monoisotopic (exact) mass is 299 g/mol. The predicted molar refractivity (Wildman–Crippen MR) is 83.7 cm³/mol. The Bertz CT molecular complexity index is 693. The number of fused-ring (bicyclic) bond motifs is 2. The van der Waals surface area contributed by atoms with Crippen molar-refractivity contribution in [2.75, 3.05) is 12.4 Å². The first-order valence-electron chi connectivity index (χ1n) is 7.21. The van der Waals surface area contributed by atoms with E-state index in [1.807, 2.05) is 18.7 Å². The minimum absolute atomic E-state index is 0.542. The zero-order chi connectivity index (χ0) is 14.2. The van der Waals surface area contributed by atoms with Crippen molar-refractivity contribution >= 4 is 16.8 Å². The molecule has 0 bridgehead atoms. The fourth-order valence-electron chi connectivity index (χ4n) is 3.03. The van der Waals surface area contributed by atoms with E-state index in [2.05, 4.69) is 45.1 Å². The number of aromatic nitrogens is 3. The molecular formula is C16H17N3OS. The van der Waals surface area contributed by atoms with Crippen LogP contribution in [0.1, 0.15) is 17.2 Å². The maximum absolute atomic E-state index is 5.82. The lowest BCUT2D eigenvalue weighted by Crippen LogP contribution is -2.11. The van der Waals surface area contributed by atoms with Crippen molar-refractivity contribution < 1.29 is 4.74 Å². The van der Waals surface area contributed by atoms with Crippen LogP contribution in [-0.2, 0) is 17.8 Å². The number of ether oxygens (including phenoxy) is 1. The van der Waals surface area contributed by atoms with Gasteiger partial charge < -0.3 is 4.74 Å². The van der Waals surface area contributed by atoms with Crippen molar-refractivity contribution in [2.24, 2.45) is 5.92 Å². The molecule has 3 heterocycles. The zero-order valence-corrected chi connectivity index (χ0v) is 12.8. The summed E-state index contributed by atoms with van der Waals surface area (Å²) in [6.07, 6.45) is 1.08. The second kappa shape index (κ2) is 5.31. The van der Waals surface area contributed by atoms with Gasteiger partial charge >= 0.3 is 0 Å². The first-order valence-corrected chi connectivity index (χ1v) is 8.20. The zero-order valence-electron chi connectivity index (χ0n) is 12.0. The molecule has 1 aromatic carbocycles. The Morgan fingerprint density at radius 2 is 2.10 bits per heavy atom. The normalized spacial score (nSPS) is 21.1. The van der Waals surface area contributed by atoms with Crippen LogP contribution in [0.4, 0.5) is 0 Å². The van der Waals surface area contributed by atoms with Gasteiger partial charge in [0.05, 0.1) is 11.6 Å². The molecule has 1 aromatic heterocycles. The number of hydrogen-bond acceptors (Lipinski definition) is 4. The Morgan fingerprint density at radius 3 is 2.95 bits per heavy atom. The molecule has 0 amide bonds. The Morgan fingerprint density at radius 1 is 1.24 bits per heavy atom. The van der Waals surface area contributed by atoms with E-state index in [0.717, 1.165) is 23.8 Å². The minimum Gasteiger partial charge on any atom is -0.369 e. The molecule has 0 aliphatic carbocycles. The Hall–Kier alpha value is -1.59. The first-order chi connectivity index (χ1) is 10.3. The minimum atomic E-state index is 0.542. The van der Waals surface area contributed by atoms with Crippen molar-refractivity contribution in [1.29, 1.82) is 0 Å². The fraction of sp³-hybridized carbons (Fsp3) is 0.375. The predicted octanol–water partition coefficient (Wildman–Crippen LogP) is 2.89. The molecule has 0 radical (unpaired) electrons. The molecule has 0 saturated carbocycles. The Kier molecular flexibility index (Phi) is 3.31. The van der Waals surface area contributed by atoms with Crippen LogP contribution in [0, 0.1) is 12.8 Å². The molecular weight excluding hydrogens is 282 g/mol. The molecule has 0 fully saturated rings. The summed E-state index contributed by atoms with van der Waals surface area (Å²) < 4.78 is 8.00. The molecule has 21 heavy (non-hydrogen) atoms. The number of thioether (sulfide) groups is 1. The molecule has 2 aliphatic rings. The lowest BCUT2D eigenvalue weighted by molar-refractivity contribution is 0.134. The van der Waals surface area contributed by atoms with E-state index in [-0.39, 0.29) is 0 Å². The Balaban J connectivity index is 1.69. The molecule has 2 aliphatic heterocycles. The maximum Gasteiger partial charge on any atom is 0.164 e. The third-order valence-corrected chi connectivity index (χ3v) is 5.38. The van der Waals surface area contributed by atoms with Crippen molar-refractivity contribution in [1.82, 2.24) is 14.8 Å². The van der Waals surface area contributed by atoms with Gasteiger partial charge in [-0.2, -0.15) is 0 Å². The maximum atomic E-state index is 5.82. The summed E-state index contributed by atoms with van der Waals surface area (Å²) in [5.41, 5.74) is 2.80. The fourth-order valence-corrected chi connectivity index (χ4v) is 4.49. The van der Waals surface area contributed by atoms with Gasteiger partial charge in [-0.25, -0.2) is 0 Å². The second-order valence-electron chi connectivity index (χ2n) is 5.52. The van der Waals surface area contributed by atoms with E-state index in [0.29, 0.717) is 19.1 Å². The second-order valence-corrected chi connectivity index (χ2v) is 6.53. The van der Waals surface area contributed by atoms with Gasteiger partial charge in [0, 0.05) is 5.75 Å². The molecule has 1 atom stereocenters. The molecule has 1 unspecified atom stereocenters. The van der Waals surface area contributed by atoms with Gasteiger partial charge in [-0.1, -0.05) is 30.3 Å². The molecule has 0 N–H and O–H groups in total. The summed E-state index contributed by atoms with van der Waals surface area (Å²) in [5, 5.41) is 9.72. The molecule has 4 nitrogen and oxygen atoms in total. The molecule has 2 aromatic rings. The summed E-state index contributed by atoms with van der Waals surface area (Å²) in [6.45, 7) is 3.27. The van der Waals surface area contributed by atoms with E-state index in [1.165, 1.54) is 16.2 Å². The largest absolute Gasteiger partial charge is 0.369 e. The standard InChI is InChI=1S/C16H17N3OS/c1-11-17-18-15-9-20-8-14-13(10-21-16(14)19(11)15)7-12-5-3-2-4-6-12/h2-6,13H,7-10H2,1H3. The van der Waals surface area contributed by atoms with Crippen molar-refractivity contribution in [2.45, 2.75) is 20.0 Å². The SMILES string of the molecule is Cc1nnc2n1C1=C(COC2)C(Cc2ccccc2)CS1. The van der Waals surface area contributed by atoms with E-state index in [4.69, 9.17) is 4.74 Å². The van der Waals surface area contributed by atoms with Gasteiger partial charge in [0.1, 0.15) is 12.4 Å². The third kappa shape index (κ3) is 2.30. The van der Waals surface area contributed by atoms with Gasteiger partial charge in [-0.3, -0.25) is 4.57 Å². The van der Waals surface area contributed by atoms with E-state index in [1.54, 1.807) is 0 Å². The quantitative estimate of drug-likeness (QED) is 0.855. The molecule has 5 heteroatoms. The Labute approximate surface area is 128 Å². The van der Waals surface area contributed by atoms with Crippen LogP contribution < -0.4 is 0 Å². The highest BCUT2D eigenvalue weighted by molar-refractivity contribution is 8.08. The van der Waals surface area contributed by atoms with E-state index in [9.17, 15) is 0 Å². The van der Waals surface area contributed by atoms with Crippen LogP contribution in [0.15, 0.2) is 35.9 Å². The summed E-state index contributed by atoms with van der Waals surface area (Å²) in [6, 6.07) is 10.7. The number of rotatable bonds is 2. The van der Waals surface area contributed by atoms with Crippen molar-refractivity contribution in [3.05, 3.63) is 53.1 Å². The molecule has 0 spiro atoms. The summed E-state index contributed by atoms with van der Waals surface area (Å²) in [5.74, 6) is 3.53. The van der Waals surface area contributed by atoms with Gasteiger partial charge in [-0.05, 0) is 30.4 Å². The number of benzene rings is 1. The van der Waals surface area contributed by atoms with E-state index < -0.39 is 0 Å². The lowest BCUT2D eigenvalue weighted by Gasteiger charge is -2.13. The van der Waals surface area contributed by atoms with Crippen LogP contribution in [0.5, 0.6) is 0 Å². The number of hydrogen-bond donors (Lipinski definition) is 0. The van der Waals surface area contributed by atoms with Crippen LogP contribution in [0.2, 0.25) is 0 Å². The average Bonchev–Trinajstić information content (AvgIpc) is 2.99. The van der Waals surface area contributed by atoms with Crippen LogP contribution in [-0.4, -0.2) is 27.1 Å². The van der Waals surface area contributed by atoms with Crippen molar-refractivity contribution in [3.63, 3.8) is 0 Å². The lowest BCUT2D eigenvalue weighted by atomic mass is 9.94.